The lowest BCUT2D eigenvalue weighted by Gasteiger charge is -2.21. The van der Waals surface area contributed by atoms with E-state index in [0.717, 1.165) is 29.7 Å². The highest BCUT2D eigenvalue weighted by Crippen LogP contribution is 2.25. The summed E-state index contributed by atoms with van der Waals surface area (Å²) in [6.45, 7) is 7.90. The number of carbonyl (C=O) groups is 1. The van der Waals surface area contributed by atoms with Gasteiger partial charge in [-0.15, -0.1) is 0 Å². The third-order valence-electron chi connectivity index (χ3n) is 4.28. The van der Waals surface area contributed by atoms with Gasteiger partial charge in [0.2, 0.25) is 5.91 Å². The molecule has 0 aliphatic rings. The van der Waals surface area contributed by atoms with Crippen LogP contribution in [0.5, 0.6) is 0 Å². The fourth-order valence-electron chi connectivity index (χ4n) is 2.82. The van der Waals surface area contributed by atoms with Crippen LogP contribution in [-0.2, 0) is 11.2 Å². The normalized spacial score (nSPS) is 10.8. The number of hydrogen-bond acceptors (Lipinski definition) is 4. The van der Waals surface area contributed by atoms with E-state index in [4.69, 9.17) is 4.42 Å². The van der Waals surface area contributed by atoms with E-state index in [2.05, 4.69) is 24.1 Å². The Morgan fingerprint density at radius 1 is 1.26 bits per heavy atom. The van der Waals surface area contributed by atoms with Crippen molar-refractivity contribution in [3.63, 3.8) is 0 Å². The number of anilines is 1. The minimum atomic E-state index is -0.351. The molecule has 124 valence electrons. The van der Waals surface area contributed by atoms with Crippen molar-refractivity contribution in [1.29, 1.82) is 0 Å². The molecule has 0 atom stereocenters. The Hall–Kier alpha value is -2.30. The number of aryl methyl sites for hydroxylation is 1. The molecule has 0 bridgehead atoms. The number of benzene rings is 1. The predicted octanol–water partition coefficient (Wildman–Crippen LogP) is 2.63. The van der Waals surface area contributed by atoms with Gasteiger partial charge in [0, 0.05) is 49.3 Å². The highest BCUT2D eigenvalue weighted by molar-refractivity contribution is 5.84. The maximum absolute atomic E-state index is 12.3. The minimum Gasteiger partial charge on any atom is -0.422 e. The van der Waals surface area contributed by atoms with Crippen molar-refractivity contribution < 1.29 is 9.21 Å². The van der Waals surface area contributed by atoms with E-state index < -0.39 is 0 Å². The van der Waals surface area contributed by atoms with Crippen molar-refractivity contribution in [2.45, 2.75) is 33.6 Å². The second kappa shape index (κ2) is 7.31. The van der Waals surface area contributed by atoms with Crippen LogP contribution in [0.2, 0.25) is 0 Å². The molecule has 0 radical (unpaired) electrons. The van der Waals surface area contributed by atoms with Gasteiger partial charge in [0.1, 0.15) is 5.58 Å². The molecule has 1 amide bonds. The lowest BCUT2D eigenvalue weighted by molar-refractivity contribution is -0.120. The highest BCUT2D eigenvalue weighted by atomic mass is 16.4. The molecule has 5 heteroatoms. The van der Waals surface area contributed by atoms with Crippen molar-refractivity contribution in [3.8, 4) is 0 Å². The zero-order valence-corrected chi connectivity index (χ0v) is 14.2. The Morgan fingerprint density at radius 3 is 2.57 bits per heavy atom. The molecule has 2 rings (SSSR count). The molecule has 0 saturated heterocycles. The molecule has 0 aliphatic heterocycles. The number of rotatable bonds is 6. The average molecular weight is 316 g/mol. The van der Waals surface area contributed by atoms with Gasteiger partial charge in [0.25, 0.3) is 0 Å². The molecule has 0 aliphatic carbocycles. The van der Waals surface area contributed by atoms with Crippen molar-refractivity contribution in [2.75, 3.05) is 25.0 Å². The van der Waals surface area contributed by atoms with E-state index in [1.807, 2.05) is 25.1 Å². The average Bonchev–Trinajstić information content (AvgIpc) is 2.55. The largest absolute Gasteiger partial charge is 0.422 e. The molecule has 1 N–H and O–H groups in total. The molecule has 0 unspecified atom stereocenters. The Bertz CT molecular complexity index is 761. The quantitative estimate of drug-likeness (QED) is 0.832. The topological polar surface area (TPSA) is 62.6 Å². The summed E-state index contributed by atoms with van der Waals surface area (Å²) in [5, 5.41) is 3.49. The third kappa shape index (κ3) is 3.55. The number of nitrogens with one attached hydrogen (secondary N) is 1. The molecule has 1 aromatic carbocycles. The lowest BCUT2D eigenvalue weighted by Crippen LogP contribution is -2.22. The van der Waals surface area contributed by atoms with Gasteiger partial charge >= 0.3 is 5.63 Å². The number of hydrogen-bond donors (Lipinski definition) is 1. The van der Waals surface area contributed by atoms with Crippen LogP contribution in [-0.4, -0.2) is 26.0 Å². The van der Waals surface area contributed by atoms with E-state index in [0.29, 0.717) is 17.6 Å². The van der Waals surface area contributed by atoms with Crippen LogP contribution in [0.1, 0.15) is 31.4 Å². The first-order chi connectivity index (χ1) is 11.0. The molecule has 0 saturated carbocycles. The number of fused-ring (bicyclic) bond motifs is 1. The van der Waals surface area contributed by atoms with Crippen molar-refractivity contribution >= 4 is 22.6 Å². The molecular formula is C18H24N2O3. The van der Waals surface area contributed by atoms with Crippen LogP contribution in [0.4, 0.5) is 5.69 Å². The summed E-state index contributed by atoms with van der Waals surface area (Å²) < 4.78 is 5.51. The Morgan fingerprint density at radius 2 is 1.96 bits per heavy atom. The molecule has 1 heterocycles. The predicted molar refractivity (Wildman–Crippen MR) is 93.2 cm³/mol. The van der Waals surface area contributed by atoms with Gasteiger partial charge in [-0.1, -0.05) is 0 Å². The summed E-state index contributed by atoms with van der Waals surface area (Å²) in [4.78, 5) is 25.9. The molecule has 5 nitrogen and oxygen atoms in total. The van der Waals surface area contributed by atoms with E-state index >= 15 is 0 Å². The van der Waals surface area contributed by atoms with E-state index in [1.165, 1.54) is 0 Å². The Balaban J connectivity index is 2.45. The number of amides is 1. The zero-order chi connectivity index (χ0) is 17.0. The lowest BCUT2D eigenvalue weighted by atomic mass is 10.0. The molecule has 1 aromatic heterocycles. The summed E-state index contributed by atoms with van der Waals surface area (Å²) in [5.74, 6) is -0.0826. The number of nitrogens with zero attached hydrogens (tertiary/aromatic N) is 1. The Kier molecular flexibility index (Phi) is 5.42. The van der Waals surface area contributed by atoms with Crippen molar-refractivity contribution in [2.24, 2.45) is 0 Å². The van der Waals surface area contributed by atoms with Crippen molar-refractivity contribution in [1.82, 2.24) is 5.32 Å². The summed E-state index contributed by atoms with van der Waals surface area (Å²) in [7, 11) is 1.59. The highest BCUT2D eigenvalue weighted by Gasteiger charge is 2.14. The van der Waals surface area contributed by atoms with E-state index in [9.17, 15) is 9.59 Å². The standard InChI is InChI=1S/C18H24N2O3/c1-5-20(6-2)13-7-8-14-12(3)15(9-10-17(21)19-4)18(22)23-16(14)11-13/h7-8,11H,5-6,9-10H2,1-4H3,(H,19,21). The summed E-state index contributed by atoms with van der Waals surface area (Å²) in [6, 6.07) is 5.95. The fraction of sp³-hybridized carbons (Fsp3) is 0.444. The van der Waals surface area contributed by atoms with Gasteiger partial charge < -0.3 is 14.6 Å². The fourth-order valence-corrected chi connectivity index (χ4v) is 2.82. The van der Waals surface area contributed by atoms with Crippen LogP contribution in [0.3, 0.4) is 0 Å². The zero-order valence-electron chi connectivity index (χ0n) is 14.2. The van der Waals surface area contributed by atoms with Crippen LogP contribution in [0.25, 0.3) is 11.0 Å². The van der Waals surface area contributed by atoms with Crippen LogP contribution < -0.4 is 15.8 Å². The van der Waals surface area contributed by atoms with Crippen molar-refractivity contribution in [3.05, 3.63) is 39.7 Å². The van der Waals surface area contributed by atoms with Gasteiger partial charge in [-0.3, -0.25) is 4.79 Å². The van der Waals surface area contributed by atoms with Crippen LogP contribution in [0.15, 0.2) is 27.4 Å². The Labute approximate surface area is 136 Å². The summed E-state index contributed by atoms with van der Waals surface area (Å²) in [5.41, 5.74) is 2.77. The maximum atomic E-state index is 12.3. The first-order valence-corrected chi connectivity index (χ1v) is 8.03. The SMILES string of the molecule is CCN(CC)c1ccc2c(C)c(CCC(=O)NC)c(=O)oc2c1. The molecule has 0 fully saturated rings. The monoisotopic (exact) mass is 316 g/mol. The first-order valence-electron chi connectivity index (χ1n) is 8.03. The van der Waals surface area contributed by atoms with Gasteiger partial charge in [0.05, 0.1) is 0 Å². The van der Waals surface area contributed by atoms with Gasteiger partial charge in [-0.2, -0.15) is 0 Å². The van der Waals surface area contributed by atoms with E-state index in [1.54, 1.807) is 7.05 Å². The minimum absolute atomic E-state index is 0.0826. The summed E-state index contributed by atoms with van der Waals surface area (Å²) >= 11 is 0. The molecule has 0 spiro atoms. The third-order valence-corrected chi connectivity index (χ3v) is 4.28. The van der Waals surface area contributed by atoms with Crippen LogP contribution >= 0.6 is 0 Å². The second-order valence-electron chi connectivity index (χ2n) is 5.52. The molecule has 2 aromatic rings. The van der Waals surface area contributed by atoms with E-state index in [-0.39, 0.29) is 18.0 Å². The van der Waals surface area contributed by atoms with Gasteiger partial charge in [-0.05, 0) is 44.9 Å². The van der Waals surface area contributed by atoms with Gasteiger partial charge in [0.15, 0.2) is 0 Å². The summed E-state index contributed by atoms with van der Waals surface area (Å²) in [6.07, 6.45) is 0.673. The second-order valence-corrected chi connectivity index (χ2v) is 5.52. The van der Waals surface area contributed by atoms with Gasteiger partial charge in [-0.25, -0.2) is 4.79 Å². The maximum Gasteiger partial charge on any atom is 0.339 e. The number of carbonyl (C=O) groups excluding carboxylic acids is 1. The molecule has 23 heavy (non-hydrogen) atoms. The smallest absolute Gasteiger partial charge is 0.339 e. The first kappa shape index (κ1) is 17.1. The molecular weight excluding hydrogens is 292 g/mol. The van der Waals surface area contributed by atoms with Crippen LogP contribution in [0, 0.1) is 6.92 Å².